The van der Waals surface area contributed by atoms with Crippen LogP contribution in [0, 0.1) is 5.41 Å². The number of amides is 1. The van der Waals surface area contributed by atoms with Crippen LogP contribution in [0.25, 0.3) is 0 Å². The van der Waals surface area contributed by atoms with E-state index >= 15 is 0 Å². The molecule has 0 aliphatic carbocycles. The Morgan fingerprint density at radius 3 is 2.76 bits per heavy atom. The summed E-state index contributed by atoms with van der Waals surface area (Å²) in [6.07, 6.45) is 4.87. The number of nitrogens with zero attached hydrogens (tertiary/aromatic N) is 4. The molecule has 4 heterocycles. The number of pyridine rings is 1. The van der Waals surface area contributed by atoms with E-state index in [0.29, 0.717) is 18.7 Å². The SMILES string of the molecule is O=C(c1ccn[nH]1)N1CCC(F)(F)[C@@]2(CCN(c3cccnc3)C2)C1. The number of alkyl halides is 2. The first-order valence-electron chi connectivity index (χ1n) is 8.32. The number of nitrogens with one attached hydrogen (secondary N) is 1. The van der Waals surface area contributed by atoms with E-state index in [1.807, 2.05) is 11.0 Å². The van der Waals surface area contributed by atoms with Gasteiger partial charge in [-0.05, 0) is 24.6 Å². The Kier molecular flexibility index (Phi) is 3.70. The fourth-order valence-electron chi connectivity index (χ4n) is 3.88. The van der Waals surface area contributed by atoms with Crippen molar-refractivity contribution in [1.29, 1.82) is 0 Å². The van der Waals surface area contributed by atoms with Gasteiger partial charge in [-0.3, -0.25) is 14.9 Å². The van der Waals surface area contributed by atoms with Crippen LogP contribution in [0.5, 0.6) is 0 Å². The van der Waals surface area contributed by atoms with Crippen LogP contribution in [-0.4, -0.2) is 58.1 Å². The summed E-state index contributed by atoms with van der Waals surface area (Å²) < 4.78 is 29.7. The summed E-state index contributed by atoms with van der Waals surface area (Å²) >= 11 is 0. The highest BCUT2D eigenvalue weighted by molar-refractivity contribution is 5.92. The van der Waals surface area contributed by atoms with Crippen LogP contribution in [0.2, 0.25) is 0 Å². The summed E-state index contributed by atoms with van der Waals surface area (Å²) in [5.74, 6) is -3.07. The third-order valence-corrected chi connectivity index (χ3v) is 5.35. The first-order valence-corrected chi connectivity index (χ1v) is 8.32. The number of hydrogen-bond donors (Lipinski definition) is 1. The Bertz CT molecular complexity index is 752. The average molecular weight is 347 g/mol. The van der Waals surface area contributed by atoms with Crippen LogP contribution in [0.1, 0.15) is 23.3 Å². The number of halogens is 2. The number of carbonyl (C=O) groups is 1. The highest BCUT2D eigenvalue weighted by Crippen LogP contribution is 2.50. The lowest BCUT2D eigenvalue weighted by atomic mass is 9.75. The Labute approximate surface area is 143 Å². The first kappa shape index (κ1) is 16.0. The predicted octanol–water partition coefficient (Wildman–Crippen LogP) is 2.18. The zero-order valence-electron chi connectivity index (χ0n) is 13.7. The quantitative estimate of drug-likeness (QED) is 0.904. The normalized spacial score (nSPS) is 25.5. The number of carbonyl (C=O) groups excluding carboxylic acids is 1. The summed E-state index contributed by atoms with van der Waals surface area (Å²) in [5.41, 5.74) is -0.0498. The lowest BCUT2D eigenvalue weighted by Crippen LogP contribution is -2.58. The molecule has 2 saturated heterocycles. The van der Waals surface area contributed by atoms with Crippen LogP contribution in [0.15, 0.2) is 36.8 Å². The van der Waals surface area contributed by atoms with Gasteiger partial charge < -0.3 is 9.80 Å². The molecule has 4 rings (SSSR count). The molecular formula is C17H19F2N5O. The first-order chi connectivity index (χ1) is 12.0. The van der Waals surface area contributed by atoms with Crippen LogP contribution in [0.4, 0.5) is 14.5 Å². The van der Waals surface area contributed by atoms with Gasteiger partial charge in [-0.25, -0.2) is 8.78 Å². The lowest BCUT2D eigenvalue weighted by molar-refractivity contribution is -0.150. The van der Waals surface area contributed by atoms with Gasteiger partial charge in [0.15, 0.2) is 0 Å². The van der Waals surface area contributed by atoms with Gasteiger partial charge in [-0.2, -0.15) is 5.10 Å². The molecule has 2 aliphatic heterocycles. The number of aromatic amines is 1. The summed E-state index contributed by atoms with van der Waals surface area (Å²) in [6, 6.07) is 5.24. The average Bonchev–Trinajstić information content (AvgIpc) is 3.29. The Morgan fingerprint density at radius 1 is 1.16 bits per heavy atom. The molecule has 1 spiro atoms. The Hall–Kier alpha value is -2.51. The minimum absolute atomic E-state index is 0.0502. The molecule has 2 aromatic rings. The maximum atomic E-state index is 14.8. The molecule has 0 radical (unpaired) electrons. The van der Waals surface area contributed by atoms with Gasteiger partial charge in [-0.15, -0.1) is 0 Å². The van der Waals surface area contributed by atoms with Gasteiger partial charge in [0.1, 0.15) is 5.69 Å². The van der Waals surface area contributed by atoms with E-state index in [1.54, 1.807) is 24.5 Å². The number of hydrogen-bond acceptors (Lipinski definition) is 4. The van der Waals surface area contributed by atoms with Crippen LogP contribution in [-0.2, 0) is 0 Å². The molecule has 2 aliphatic rings. The molecule has 132 valence electrons. The highest BCUT2D eigenvalue weighted by Gasteiger charge is 2.60. The molecule has 0 unspecified atom stereocenters. The van der Waals surface area contributed by atoms with E-state index < -0.39 is 11.3 Å². The molecule has 25 heavy (non-hydrogen) atoms. The number of likely N-dealkylation sites (tertiary alicyclic amines) is 1. The number of anilines is 1. The van der Waals surface area contributed by atoms with Gasteiger partial charge in [0.25, 0.3) is 11.8 Å². The monoisotopic (exact) mass is 347 g/mol. The van der Waals surface area contributed by atoms with E-state index in [1.165, 1.54) is 11.1 Å². The highest BCUT2D eigenvalue weighted by atomic mass is 19.3. The second-order valence-corrected chi connectivity index (χ2v) is 6.81. The van der Waals surface area contributed by atoms with Crippen LogP contribution in [0.3, 0.4) is 0 Å². The third-order valence-electron chi connectivity index (χ3n) is 5.35. The largest absolute Gasteiger partial charge is 0.369 e. The molecule has 0 saturated carbocycles. The van der Waals surface area contributed by atoms with Crippen molar-refractivity contribution in [3.63, 3.8) is 0 Å². The van der Waals surface area contributed by atoms with Gasteiger partial charge in [0.05, 0.1) is 17.3 Å². The summed E-state index contributed by atoms with van der Waals surface area (Å²) in [7, 11) is 0. The molecule has 0 aromatic carbocycles. The molecule has 0 bridgehead atoms. The van der Waals surface area contributed by atoms with E-state index in [4.69, 9.17) is 0 Å². The standard InChI is InChI=1S/C17H19F2N5O/c18-17(19)5-9-24(15(25)14-3-7-21-22-14)12-16(17)4-8-23(11-16)13-2-1-6-20-10-13/h1-3,6-7,10H,4-5,8-9,11-12H2,(H,21,22)/t16-/m1/s1. The van der Waals surface area contributed by atoms with E-state index in [-0.39, 0.29) is 32.0 Å². The number of piperidine rings is 1. The minimum atomic E-state index is -2.80. The molecular weight excluding hydrogens is 328 g/mol. The van der Waals surface area contributed by atoms with Crippen molar-refractivity contribution in [3.8, 4) is 0 Å². The summed E-state index contributed by atoms with van der Waals surface area (Å²) in [5, 5.41) is 6.39. The smallest absolute Gasteiger partial charge is 0.271 e. The van der Waals surface area contributed by atoms with Crippen molar-refractivity contribution in [2.75, 3.05) is 31.1 Å². The van der Waals surface area contributed by atoms with Gasteiger partial charge in [0, 0.05) is 45.0 Å². The van der Waals surface area contributed by atoms with Crippen molar-refractivity contribution in [2.24, 2.45) is 5.41 Å². The second kappa shape index (κ2) is 5.79. The maximum Gasteiger partial charge on any atom is 0.271 e. The number of H-pyrrole nitrogens is 1. The van der Waals surface area contributed by atoms with Gasteiger partial charge >= 0.3 is 0 Å². The maximum absolute atomic E-state index is 14.8. The molecule has 2 aromatic heterocycles. The van der Waals surface area contributed by atoms with Crippen LogP contribution >= 0.6 is 0 Å². The second-order valence-electron chi connectivity index (χ2n) is 6.81. The van der Waals surface area contributed by atoms with Crippen molar-refractivity contribution in [1.82, 2.24) is 20.1 Å². The van der Waals surface area contributed by atoms with Crippen molar-refractivity contribution in [2.45, 2.75) is 18.8 Å². The molecule has 1 atom stereocenters. The zero-order chi connectivity index (χ0) is 17.5. The van der Waals surface area contributed by atoms with E-state index in [0.717, 1.165) is 5.69 Å². The fourth-order valence-corrected chi connectivity index (χ4v) is 3.88. The van der Waals surface area contributed by atoms with Gasteiger partial charge in [0.2, 0.25) is 0 Å². The summed E-state index contributed by atoms with van der Waals surface area (Å²) in [6.45, 7) is 0.861. The van der Waals surface area contributed by atoms with Crippen molar-refractivity contribution < 1.29 is 13.6 Å². The third kappa shape index (κ3) is 2.65. The van der Waals surface area contributed by atoms with Crippen LogP contribution < -0.4 is 4.90 Å². The molecule has 8 heteroatoms. The summed E-state index contributed by atoms with van der Waals surface area (Å²) in [4.78, 5) is 20.1. The molecule has 1 amide bonds. The predicted molar refractivity (Wildman–Crippen MR) is 87.6 cm³/mol. The van der Waals surface area contributed by atoms with Gasteiger partial charge in [-0.1, -0.05) is 0 Å². The number of aromatic nitrogens is 3. The lowest BCUT2D eigenvalue weighted by Gasteiger charge is -2.45. The van der Waals surface area contributed by atoms with E-state index in [9.17, 15) is 13.6 Å². The zero-order valence-corrected chi connectivity index (χ0v) is 13.7. The minimum Gasteiger partial charge on any atom is -0.369 e. The molecule has 6 nitrogen and oxygen atoms in total. The Balaban J connectivity index is 1.57. The van der Waals surface area contributed by atoms with Crippen molar-refractivity contribution >= 4 is 11.6 Å². The number of rotatable bonds is 2. The van der Waals surface area contributed by atoms with Crippen molar-refractivity contribution in [3.05, 3.63) is 42.5 Å². The molecule has 1 N–H and O–H groups in total. The van der Waals surface area contributed by atoms with E-state index in [2.05, 4.69) is 15.2 Å². The molecule has 2 fully saturated rings. The Morgan fingerprint density at radius 2 is 2.04 bits per heavy atom. The topological polar surface area (TPSA) is 65.1 Å². The fraction of sp³-hybridized carbons (Fsp3) is 0.471.